The van der Waals surface area contributed by atoms with E-state index in [1.807, 2.05) is 61.6 Å². The molecule has 3 heterocycles. The lowest BCUT2D eigenvalue weighted by molar-refractivity contribution is -0.115. The van der Waals surface area contributed by atoms with Gasteiger partial charge in [0.2, 0.25) is 5.91 Å². The van der Waals surface area contributed by atoms with Crippen LogP contribution in [0.25, 0.3) is 16.6 Å². The molecule has 1 atom stereocenters. The first-order valence-corrected chi connectivity index (χ1v) is 9.71. The smallest absolute Gasteiger partial charge is 0.237 e. The molecule has 0 aliphatic rings. The van der Waals surface area contributed by atoms with Gasteiger partial charge in [0.1, 0.15) is 17.1 Å². The summed E-state index contributed by atoms with van der Waals surface area (Å²) >= 11 is 1.43. The van der Waals surface area contributed by atoms with Gasteiger partial charge in [-0.25, -0.2) is 0 Å². The molecule has 0 spiro atoms. The Bertz CT molecular complexity index is 1130. The van der Waals surface area contributed by atoms with Crippen LogP contribution in [0.15, 0.2) is 52.2 Å². The van der Waals surface area contributed by atoms with Crippen molar-refractivity contribution in [3.63, 3.8) is 0 Å². The fraction of sp³-hybridized carbons (Fsp3) is 0.250. The quantitative estimate of drug-likeness (QED) is 0.512. The van der Waals surface area contributed by atoms with Crippen LogP contribution >= 0.6 is 11.8 Å². The first-order valence-electron chi connectivity index (χ1n) is 8.83. The number of hydrogen-bond donors (Lipinski definition) is 1. The van der Waals surface area contributed by atoms with E-state index in [0.29, 0.717) is 11.4 Å². The molecule has 1 amide bonds. The summed E-state index contributed by atoms with van der Waals surface area (Å²) in [6.45, 7) is 5.89. The molecule has 0 bridgehead atoms. The third kappa shape index (κ3) is 3.30. The highest BCUT2D eigenvalue weighted by Crippen LogP contribution is 2.32. The van der Waals surface area contributed by atoms with Crippen molar-refractivity contribution in [2.75, 3.05) is 5.32 Å². The second-order valence-corrected chi connectivity index (χ2v) is 7.65. The predicted molar refractivity (Wildman–Crippen MR) is 107 cm³/mol. The minimum atomic E-state index is -0.270. The molecule has 138 valence electrons. The number of rotatable bonds is 5. The Balaban J connectivity index is 1.62. The maximum absolute atomic E-state index is 12.8. The SMILES string of the molecule is CC[C@@H](Sc1nncn2c1cc1oc(C)cc12)C(=O)Nc1ccccc1C. The standard InChI is InChI=1S/C20H20N4O2S/c1-4-18(19(25)22-14-8-6-5-7-12(14)2)27-20-16-10-17-15(9-13(3)26-17)24(16)11-21-23-20/h5-11,18H,4H2,1-3H3,(H,22,25)/t18-/m1/s1. The van der Waals surface area contributed by atoms with Gasteiger partial charge in [0, 0.05) is 17.8 Å². The topological polar surface area (TPSA) is 72.4 Å². The lowest BCUT2D eigenvalue weighted by Crippen LogP contribution is -2.25. The van der Waals surface area contributed by atoms with Crippen LogP contribution < -0.4 is 5.32 Å². The lowest BCUT2D eigenvalue weighted by Gasteiger charge is -2.15. The Labute approximate surface area is 161 Å². The van der Waals surface area contributed by atoms with Crippen LogP contribution in [-0.2, 0) is 4.79 Å². The van der Waals surface area contributed by atoms with E-state index in [1.54, 1.807) is 6.33 Å². The minimum absolute atomic E-state index is 0.0355. The van der Waals surface area contributed by atoms with Gasteiger partial charge in [0.25, 0.3) is 0 Å². The third-order valence-corrected chi connectivity index (χ3v) is 5.85. The number of anilines is 1. The van der Waals surface area contributed by atoms with Crippen molar-refractivity contribution in [1.82, 2.24) is 14.6 Å². The van der Waals surface area contributed by atoms with E-state index in [9.17, 15) is 4.79 Å². The molecule has 1 N–H and O–H groups in total. The van der Waals surface area contributed by atoms with Gasteiger partial charge in [-0.1, -0.05) is 36.9 Å². The van der Waals surface area contributed by atoms with Gasteiger partial charge in [0.05, 0.1) is 16.3 Å². The fourth-order valence-electron chi connectivity index (χ4n) is 3.07. The Morgan fingerprint density at radius 2 is 2.07 bits per heavy atom. The average molecular weight is 380 g/mol. The first-order chi connectivity index (χ1) is 13.1. The average Bonchev–Trinajstić information content (AvgIpc) is 3.18. The van der Waals surface area contributed by atoms with Crippen molar-refractivity contribution < 1.29 is 9.21 Å². The molecule has 0 radical (unpaired) electrons. The second kappa shape index (κ2) is 7.08. The van der Waals surface area contributed by atoms with Crippen LogP contribution in [0.3, 0.4) is 0 Å². The number of furan rings is 1. The molecule has 0 aliphatic heterocycles. The zero-order chi connectivity index (χ0) is 19.0. The van der Waals surface area contributed by atoms with E-state index >= 15 is 0 Å². The number of fused-ring (bicyclic) bond motifs is 3. The van der Waals surface area contributed by atoms with Crippen molar-refractivity contribution >= 4 is 40.0 Å². The number of carbonyl (C=O) groups excluding carboxylic acids is 1. The van der Waals surface area contributed by atoms with Crippen molar-refractivity contribution in [1.29, 1.82) is 0 Å². The molecule has 3 aromatic heterocycles. The number of para-hydroxylation sites is 1. The molecule has 4 aromatic rings. The Morgan fingerprint density at radius 1 is 1.26 bits per heavy atom. The van der Waals surface area contributed by atoms with Gasteiger partial charge in [-0.15, -0.1) is 10.2 Å². The number of nitrogens with zero attached hydrogens (tertiary/aromatic N) is 3. The molecule has 0 saturated heterocycles. The number of carbonyl (C=O) groups is 1. The van der Waals surface area contributed by atoms with Crippen molar-refractivity contribution in [3.05, 3.63) is 54.0 Å². The van der Waals surface area contributed by atoms with E-state index in [2.05, 4.69) is 15.5 Å². The van der Waals surface area contributed by atoms with E-state index in [-0.39, 0.29) is 11.2 Å². The van der Waals surface area contributed by atoms with E-state index in [0.717, 1.165) is 33.6 Å². The number of aryl methyl sites for hydroxylation is 2. The molecule has 0 aliphatic carbocycles. The van der Waals surface area contributed by atoms with Gasteiger partial charge < -0.3 is 9.73 Å². The van der Waals surface area contributed by atoms with Crippen LogP contribution in [-0.4, -0.2) is 25.8 Å². The van der Waals surface area contributed by atoms with Gasteiger partial charge >= 0.3 is 0 Å². The molecule has 4 rings (SSSR count). The Kier molecular flexibility index (Phi) is 4.61. The number of aromatic nitrogens is 3. The Hall–Kier alpha value is -2.80. The minimum Gasteiger partial charge on any atom is -0.460 e. The van der Waals surface area contributed by atoms with Gasteiger partial charge in [0.15, 0.2) is 5.58 Å². The van der Waals surface area contributed by atoms with Crippen molar-refractivity contribution in [2.24, 2.45) is 0 Å². The highest BCUT2D eigenvalue weighted by atomic mass is 32.2. The number of hydrogen-bond acceptors (Lipinski definition) is 5. The van der Waals surface area contributed by atoms with Gasteiger partial charge in [-0.05, 0) is 31.9 Å². The molecule has 0 unspecified atom stereocenters. The maximum atomic E-state index is 12.8. The zero-order valence-electron chi connectivity index (χ0n) is 15.4. The largest absolute Gasteiger partial charge is 0.460 e. The lowest BCUT2D eigenvalue weighted by atomic mass is 10.2. The van der Waals surface area contributed by atoms with E-state index < -0.39 is 0 Å². The molecule has 27 heavy (non-hydrogen) atoms. The summed E-state index contributed by atoms with van der Waals surface area (Å²) in [7, 11) is 0. The summed E-state index contributed by atoms with van der Waals surface area (Å²) in [5.74, 6) is 0.816. The van der Waals surface area contributed by atoms with Crippen LogP contribution in [0, 0.1) is 13.8 Å². The number of amides is 1. The summed E-state index contributed by atoms with van der Waals surface area (Å²) in [5.41, 5.74) is 4.51. The monoisotopic (exact) mass is 380 g/mol. The fourth-order valence-corrected chi connectivity index (χ4v) is 4.05. The summed E-state index contributed by atoms with van der Waals surface area (Å²) in [4.78, 5) is 12.8. The summed E-state index contributed by atoms with van der Waals surface area (Å²) in [6.07, 6.45) is 2.35. The second-order valence-electron chi connectivity index (χ2n) is 6.46. The molecular weight excluding hydrogens is 360 g/mol. The molecule has 0 saturated carbocycles. The number of nitrogens with one attached hydrogen (secondary N) is 1. The zero-order valence-corrected chi connectivity index (χ0v) is 16.2. The number of benzene rings is 1. The van der Waals surface area contributed by atoms with Gasteiger partial charge in [-0.3, -0.25) is 9.20 Å². The molecule has 0 fully saturated rings. The molecule has 7 heteroatoms. The Morgan fingerprint density at radius 3 is 2.85 bits per heavy atom. The molecule has 1 aromatic carbocycles. The van der Waals surface area contributed by atoms with E-state index in [4.69, 9.17) is 4.42 Å². The maximum Gasteiger partial charge on any atom is 0.237 e. The van der Waals surface area contributed by atoms with Crippen LogP contribution in [0.5, 0.6) is 0 Å². The van der Waals surface area contributed by atoms with Crippen LogP contribution in [0.2, 0.25) is 0 Å². The van der Waals surface area contributed by atoms with Crippen molar-refractivity contribution in [3.8, 4) is 0 Å². The summed E-state index contributed by atoms with van der Waals surface area (Å²) in [6, 6.07) is 11.7. The first kappa shape index (κ1) is 17.6. The summed E-state index contributed by atoms with van der Waals surface area (Å²) < 4.78 is 7.67. The summed E-state index contributed by atoms with van der Waals surface area (Å²) in [5, 5.41) is 11.8. The van der Waals surface area contributed by atoms with Crippen molar-refractivity contribution in [2.45, 2.75) is 37.5 Å². The van der Waals surface area contributed by atoms with Crippen LogP contribution in [0.4, 0.5) is 5.69 Å². The number of thioether (sulfide) groups is 1. The normalized spacial score (nSPS) is 12.6. The third-order valence-electron chi connectivity index (χ3n) is 4.51. The molecule has 6 nitrogen and oxygen atoms in total. The van der Waals surface area contributed by atoms with Gasteiger partial charge in [-0.2, -0.15) is 0 Å². The highest BCUT2D eigenvalue weighted by Gasteiger charge is 2.22. The van der Waals surface area contributed by atoms with Crippen LogP contribution in [0.1, 0.15) is 24.7 Å². The predicted octanol–water partition coefficient (Wildman–Crippen LogP) is 4.60. The molecular formula is C20H20N4O2S. The highest BCUT2D eigenvalue weighted by molar-refractivity contribution is 8.00. The van der Waals surface area contributed by atoms with E-state index in [1.165, 1.54) is 11.8 Å².